The molecule has 0 aliphatic carbocycles. The average molecular weight is 386 g/mol. The van der Waals surface area contributed by atoms with E-state index in [0.29, 0.717) is 22.7 Å². The molecule has 148 valence electrons. The van der Waals surface area contributed by atoms with Crippen molar-refractivity contribution in [2.24, 2.45) is 0 Å². The summed E-state index contributed by atoms with van der Waals surface area (Å²) in [6.07, 6.45) is 1.32. The maximum atomic E-state index is 13.1. The molecule has 1 aromatic rings. The van der Waals surface area contributed by atoms with Crippen LogP contribution in [0.15, 0.2) is 24.3 Å². The van der Waals surface area contributed by atoms with Gasteiger partial charge in [0.15, 0.2) is 0 Å². The van der Waals surface area contributed by atoms with Crippen LogP contribution in [0.1, 0.15) is 33.6 Å². The number of hydrogen-bond acceptors (Lipinski definition) is 5. The fourth-order valence-electron chi connectivity index (χ4n) is 3.31. The molecule has 2 aliphatic heterocycles. The second kappa shape index (κ2) is 7.06. The summed E-state index contributed by atoms with van der Waals surface area (Å²) in [7, 11) is 0. The van der Waals surface area contributed by atoms with Crippen LogP contribution < -0.4 is 10.2 Å². The summed E-state index contributed by atoms with van der Waals surface area (Å²) in [4.78, 5) is 65.1. The van der Waals surface area contributed by atoms with Gasteiger partial charge in [-0.15, -0.1) is 0 Å². The number of benzene rings is 1. The largest absolute Gasteiger partial charge is 0.334 e. The molecule has 1 saturated heterocycles. The maximum Gasteiger partial charge on any atom is 0.334 e. The van der Waals surface area contributed by atoms with Crippen molar-refractivity contribution in [3.63, 3.8) is 0 Å². The second-order valence-corrected chi connectivity index (χ2v) is 7.24. The van der Waals surface area contributed by atoms with E-state index >= 15 is 0 Å². The van der Waals surface area contributed by atoms with Crippen LogP contribution in [0, 0.1) is 0 Å². The van der Waals surface area contributed by atoms with Gasteiger partial charge in [0.2, 0.25) is 11.8 Å². The molecule has 0 unspecified atom stereocenters. The van der Waals surface area contributed by atoms with Gasteiger partial charge in [-0.05, 0) is 32.4 Å². The van der Waals surface area contributed by atoms with E-state index in [1.54, 1.807) is 38.1 Å². The highest BCUT2D eigenvalue weighted by molar-refractivity contribution is 6.45. The number of anilines is 2. The van der Waals surface area contributed by atoms with Crippen LogP contribution in [0.5, 0.6) is 0 Å². The summed E-state index contributed by atoms with van der Waals surface area (Å²) in [6, 6.07) is 5.96. The molecule has 9 nitrogen and oxygen atoms in total. The van der Waals surface area contributed by atoms with Crippen LogP contribution in [0.25, 0.3) is 0 Å². The summed E-state index contributed by atoms with van der Waals surface area (Å²) < 4.78 is 0. The monoisotopic (exact) mass is 386 g/mol. The van der Waals surface area contributed by atoms with Crippen molar-refractivity contribution in [2.75, 3.05) is 23.3 Å². The number of para-hydroxylation sites is 2. The van der Waals surface area contributed by atoms with Crippen LogP contribution in [0.3, 0.4) is 0 Å². The van der Waals surface area contributed by atoms with E-state index in [1.807, 2.05) is 6.92 Å². The fourth-order valence-corrected chi connectivity index (χ4v) is 3.31. The number of urea groups is 1. The van der Waals surface area contributed by atoms with Crippen molar-refractivity contribution >= 4 is 41.0 Å². The molecule has 0 atom stereocenters. The zero-order valence-corrected chi connectivity index (χ0v) is 16.0. The zero-order chi connectivity index (χ0) is 20.6. The van der Waals surface area contributed by atoms with E-state index in [-0.39, 0.29) is 12.5 Å². The van der Waals surface area contributed by atoms with E-state index in [1.165, 1.54) is 4.90 Å². The van der Waals surface area contributed by atoms with Crippen molar-refractivity contribution in [3.05, 3.63) is 24.3 Å². The smallest absolute Gasteiger partial charge is 0.322 e. The number of carbonyl (C=O) groups is 5. The van der Waals surface area contributed by atoms with Gasteiger partial charge in [0.25, 0.3) is 0 Å². The van der Waals surface area contributed by atoms with E-state index in [0.717, 1.165) is 11.3 Å². The SMILES string of the molecule is CCCCN1C(=O)C(=O)N(CC(=O)N2c3ccccc3NC(=O)C2(C)C)C1=O. The Morgan fingerprint density at radius 3 is 2.36 bits per heavy atom. The summed E-state index contributed by atoms with van der Waals surface area (Å²) in [5, 5.41) is 2.74. The summed E-state index contributed by atoms with van der Waals surface area (Å²) in [5.41, 5.74) is -0.311. The fraction of sp³-hybridized carbons (Fsp3) is 0.421. The first kappa shape index (κ1) is 19.5. The third-order valence-corrected chi connectivity index (χ3v) is 4.92. The van der Waals surface area contributed by atoms with Gasteiger partial charge in [-0.2, -0.15) is 0 Å². The summed E-state index contributed by atoms with van der Waals surface area (Å²) >= 11 is 0. The molecule has 0 aromatic heterocycles. The molecule has 9 heteroatoms. The van der Waals surface area contributed by atoms with E-state index in [9.17, 15) is 24.0 Å². The molecule has 0 radical (unpaired) electrons. The highest BCUT2D eigenvalue weighted by Gasteiger charge is 2.48. The van der Waals surface area contributed by atoms with Crippen molar-refractivity contribution in [3.8, 4) is 0 Å². The lowest BCUT2D eigenvalue weighted by Gasteiger charge is -2.42. The van der Waals surface area contributed by atoms with Crippen molar-refractivity contribution in [2.45, 2.75) is 39.2 Å². The summed E-state index contributed by atoms with van der Waals surface area (Å²) in [6.45, 7) is 4.56. The van der Waals surface area contributed by atoms with Crippen molar-refractivity contribution in [1.82, 2.24) is 9.80 Å². The number of nitrogens with zero attached hydrogens (tertiary/aromatic N) is 3. The van der Waals surface area contributed by atoms with Crippen LogP contribution in [0.2, 0.25) is 0 Å². The molecule has 0 bridgehead atoms. The van der Waals surface area contributed by atoms with Crippen molar-refractivity contribution < 1.29 is 24.0 Å². The molecule has 1 aromatic carbocycles. The van der Waals surface area contributed by atoms with Gasteiger partial charge in [0, 0.05) is 6.54 Å². The third kappa shape index (κ3) is 3.02. The first-order valence-corrected chi connectivity index (χ1v) is 9.11. The minimum Gasteiger partial charge on any atom is -0.322 e. The topological polar surface area (TPSA) is 107 Å². The number of hydrogen-bond donors (Lipinski definition) is 1. The molecule has 1 N–H and O–H groups in total. The highest BCUT2D eigenvalue weighted by atomic mass is 16.2. The Morgan fingerprint density at radius 2 is 1.68 bits per heavy atom. The molecule has 3 rings (SSSR count). The predicted molar refractivity (Wildman–Crippen MR) is 100 cm³/mol. The lowest BCUT2D eigenvalue weighted by atomic mass is 9.96. The number of carbonyl (C=O) groups excluding carboxylic acids is 5. The molecular formula is C19H22N4O5. The zero-order valence-electron chi connectivity index (χ0n) is 16.0. The van der Waals surface area contributed by atoms with Crippen LogP contribution in [-0.2, 0) is 19.2 Å². The Bertz CT molecular complexity index is 879. The normalized spacial score (nSPS) is 18.5. The van der Waals surface area contributed by atoms with Gasteiger partial charge in [-0.25, -0.2) is 9.69 Å². The number of amides is 6. The molecule has 1 fully saturated rings. The van der Waals surface area contributed by atoms with E-state index in [2.05, 4.69) is 5.32 Å². The van der Waals surface area contributed by atoms with Gasteiger partial charge in [0.05, 0.1) is 11.4 Å². The number of imide groups is 2. The molecule has 0 saturated carbocycles. The maximum absolute atomic E-state index is 13.1. The van der Waals surface area contributed by atoms with Gasteiger partial charge in [-0.3, -0.25) is 29.0 Å². The first-order valence-electron chi connectivity index (χ1n) is 9.11. The van der Waals surface area contributed by atoms with Gasteiger partial charge < -0.3 is 5.32 Å². The molecule has 2 aliphatic rings. The number of unbranched alkanes of at least 4 members (excludes halogenated alkanes) is 1. The average Bonchev–Trinajstić information content (AvgIpc) is 2.84. The number of nitrogens with one attached hydrogen (secondary N) is 1. The molecule has 6 amide bonds. The molecule has 0 spiro atoms. The predicted octanol–water partition coefficient (Wildman–Crippen LogP) is 1.34. The second-order valence-electron chi connectivity index (χ2n) is 7.24. The van der Waals surface area contributed by atoms with Crippen molar-refractivity contribution in [1.29, 1.82) is 0 Å². The summed E-state index contributed by atoms with van der Waals surface area (Å²) in [5.74, 6) is -2.97. The Hall–Kier alpha value is -3.23. The number of fused-ring (bicyclic) bond motifs is 1. The lowest BCUT2D eigenvalue weighted by Crippen LogP contribution is -2.60. The van der Waals surface area contributed by atoms with Crippen LogP contribution >= 0.6 is 0 Å². The van der Waals surface area contributed by atoms with Gasteiger partial charge in [-0.1, -0.05) is 25.5 Å². The Balaban J connectivity index is 1.88. The van der Waals surface area contributed by atoms with E-state index < -0.39 is 35.8 Å². The Kier molecular flexibility index (Phi) is 4.93. The van der Waals surface area contributed by atoms with Gasteiger partial charge >= 0.3 is 17.8 Å². The standard InChI is InChI=1S/C19H22N4O5/c1-4-5-10-21-15(25)16(26)22(18(21)28)11-14(24)23-13-9-7-6-8-12(13)20-17(27)19(23,2)3/h6-9H,4-5,10-11H2,1-3H3,(H,20,27). The lowest BCUT2D eigenvalue weighted by molar-refractivity contribution is -0.144. The molecular weight excluding hydrogens is 364 g/mol. The Labute approximate surface area is 162 Å². The third-order valence-electron chi connectivity index (χ3n) is 4.92. The van der Waals surface area contributed by atoms with E-state index in [4.69, 9.17) is 0 Å². The van der Waals surface area contributed by atoms with Gasteiger partial charge in [0.1, 0.15) is 12.1 Å². The first-order chi connectivity index (χ1) is 13.2. The molecule has 28 heavy (non-hydrogen) atoms. The molecule has 2 heterocycles. The quantitative estimate of drug-likeness (QED) is 0.607. The Morgan fingerprint density at radius 1 is 1.04 bits per heavy atom. The minimum absolute atomic E-state index is 0.130. The highest BCUT2D eigenvalue weighted by Crippen LogP contribution is 2.36. The van der Waals surface area contributed by atoms with Crippen LogP contribution in [0.4, 0.5) is 16.2 Å². The van der Waals surface area contributed by atoms with Crippen LogP contribution in [-0.4, -0.2) is 58.1 Å². The number of rotatable bonds is 5. The minimum atomic E-state index is -1.23.